The highest BCUT2D eigenvalue weighted by Crippen LogP contribution is 2.31. The van der Waals surface area contributed by atoms with Crippen LogP contribution >= 0.6 is 22.9 Å². The van der Waals surface area contributed by atoms with Crippen LogP contribution < -0.4 is 5.32 Å². The third-order valence-corrected chi connectivity index (χ3v) is 6.40. The van der Waals surface area contributed by atoms with E-state index in [1.165, 1.54) is 6.33 Å². The Balaban J connectivity index is 1.31. The molecule has 0 saturated carbocycles. The minimum Gasteiger partial charge on any atom is -0.339 e. The normalized spacial score (nSPS) is 11.1. The van der Waals surface area contributed by atoms with Crippen molar-refractivity contribution in [1.82, 2.24) is 29.7 Å². The number of rotatable bonds is 5. The summed E-state index contributed by atoms with van der Waals surface area (Å²) in [5.74, 6) is 0.672. The number of hydrogen-bond donors (Lipinski definition) is 1. The average molecular weight is 482 g/mol. The first-order valence-corrected chi connectivity index (χ1v) is 11.7. The number of anilines is 2. The molecule has 0 aliphatic heterocycles. The maximum Gasteiger partial charge on any atom is 0.168 e. The van der Waals surface area contributed by atoms with Crippen molar-refractivity contribution in [2.24, 2.45) is 0 Å². The Morgan fingerprint density at radius 2 is 1.79 bits per heavy atom. The van der Waals surface area contributed by atoms with Crippen LogP contribution in [0.25, 0.3) is 38.5 Å². The van der Waals surface area contributed by atoms with E-state index in [1.807, 2.05) is 54.6 Å². The van der Waals surface area contributed by atoms with Gasteiger partial charge in [-0.15, -0.1) is 11.3 Å². The molecule has 4 heterocycles. The molecule has 2 aromatic carbocycles. The second kappa shape index (κ2) is 8.66. The highest BCUT2D eigenvalue weighted by atomic mass is 35.5. The van der Waals surface area contributed by atoms with E-state index >= 15 is 0 Å². The van der Waals surface area contributed by atoms with Crippen molar-refractivity contribution in [3.63, 3.8) is 0 Å². The first-order valence-electron chi connectivity index (χ1n) is 10.4. The second-order valence-corrected chi connectivity index (χ2v) is 8.77. The van der Waals surface area contributed by atoms with Crippen LogP contribution in [0.2, 0.25) is 5.02 Å². The number of thiazole rings is 1. The zero-order chi connectivity index (χ0) is 22.9. The zero-order valence-corrected chi connectivity index (χ0v) is 19.2. The number of nitrogens with zero attached hydrogens (tertiary/aromatic N) is 6. The topological polar surface area (TPSA) is 81.4 Å². The van der Waals surface area contributed by atoms with Crippen LogP contribution in [0.15, 0.2) is 91.0 Å². The Kier molecular flexibility index (Phi) is 5.21. The lowest BCUT2D eigenvalue weighted by Gasteiger charge is -2.08. The van der Waals surface area contributed by atoms with Gasteiger partial charge in [0.05, 0.1) is 23.0 Å². The lowest BCUT2D eigenvalue weighted by Crippen LogP contribution is -1.99. The fourth-order valence-electron chi connectivity index (χ4n) is 3.67. The van der Waals surface area contributed by atoms with E-state index in [0.717, 1.165) is 38.6 Å². The highest BCUT2D eigenvalue weighted by Gasteiger charge is 2.13. The van der Waals surface area contributed by atoms with E-state index in [4.69, 9.17) is 16.6 Å². The van der Waals surface area contributed by atoms with Crippen molar-refractivity contribution in [2.75, 3.05) is 5.32 Å². The molecule has 0 aliphatic rings. The van der Waals surface area contributed by atoms with Gasteiger partial charge in [0.25, 0.3) is 0 Å². The van der Waals surface area contributed by atoms with E-state index < -0.39 is 0 Å². The average Bonchev–Trinajstić information content (AvgIpc) is 3.53. The van der Waals surface area contributed by atoms with Crippen LogP contribution in [0.1, 0.15) is 0 Å². The molecule has 6 rings (SSSR count). The molecule has 1 N–H and O–H groups in total. The van der Waals surface area contributed by atoms with E-state index in [2.05, 4.69) is 36.8 Å². The first kappa shape index (κ1) is 20.5. The van der Waals surface area contributed by atoms with Gasteiger partial charge in [0.2, 0.25) is 0 Å². The quantitative estimate of drug-likeness (QED) is 0.307. The largest absolute Gasteiger partial charge is 0.339 e. The van der Waals surface area contributed by atoms with Gasteiger partial charge < -0.3 is 5.32 Å². The molecule has 164 valence electrons. The molecular formula is C25H16ClN7S. The van der Waals surface area contributed by atoms with Gasteiger partial charge >= 0.3 is 0 Å². The Morgan fingerprint density at radius 3 is 2.68 bits per heavy atom. The van der Waals surface area contributed by atoms with Crippen LogP contribution in [0.5, 0.6) is 0 Å². The molecule has 7 nitrogen and oxygen atoms in total. The Hall–Kier alpha value is -4.14. The lowest BCUT2D eigenvalue weighted by molar-refractivity contribution is 0.895. The number of benzene rings is 2. The molecule has 0 unspecified atom stereocenters. The third kappa shape index (κ3) is 3.89. The number of pyridine rings is 1. The van der Waals surface area contributed by atoms with Gasteiger partial charge in [-0.25, -0.2) is 19.6 Å². The van der Waals surface area contributed by atoms with Gasteiger partial charge in [-0.2, -0.15) is 5.10 Å². The van der Waals surface area contributed by atoms with Crippen molar-refractivity contribution >= 4 is 45.5 Å². The fraction of sp³-hybridized carbons (Fsp3) is 0. The van der Waals surface area contributed by atoms with Crippen molar-refractivity contribution in [3.05, 3.63) is 96.0 Å². The van der Waals surface area contributed by atoms with Gasteiger partial charge in [0.15, 0.2) is 5.65 Å². The molecule has 0 spiro atoms. The van der Waals surface area contributed by atoms with Crippen LogP contribution in [0.3, 0.4) is 0 Å². The number of fused-ring (bicyclic) bond motifs is 1. The summed E-state index contributed by atoms with van der Waals surface area (Å²) >= 11 is 7.77. The Morgan fingerprint density at radius 1 is 0.912 bits per heavy atom. The number of hydrogen-bond acceptors (Lipinski definition) is 7. The van der Waals surface area contributed by atoms with Crippen LogP contribution in [-0.4, -0.2) is 29.7 Å². The summed E-state index contributed by atoms with van der Waals surface area (Å²) < 4.78 is 1.75. The summed E-state index contributed by atoms with van der Waals surface area (Å²) in [4.78, 5) is 17.8. The highest BCUT2D eigenvalue weighted by molar-refractivity contribution is 7.13. The molecule has 0 fully saturated rings. The first-order chi connectivity index (χ1) is 16.7. The molecule has 0 amide bonds. The van der Waals surface area contributed by atoms with E-state index in [-0.39, 0.29) is 0 Å². The number of aromatic nitrogens is 6. The van der Waals surface area contributed by atoms with Crippen LogP contribution in [-0.2, 0) is 0 Å². The molecule has 6 aromatic rings. The molecule has 9 heteroatoms. The summed E-state index contributed by atoms with van der Waals surface area (Å²) in [5, 5.41) is 12.4. The Bertz CT molecular complexity index is 1610. The molecule has 4 aromatic heterocycles. The van der Waals surface area contributed by atoms with Gasteiger partial charge in [-0.3, -0.25) is 4.98 Å². The maximum absolute atomic E-state index is 6.16. The van der Waals surface area contributed by atoms with Gasteiger partial charge in [0.1, 0.15) is 17.2 Å². The lowest BCUT2D eigenvalue weighted by atomic mass is 10.1. The summed E-state index contributed by atoms with van der Waals surface area (Å²) in [6.45, 7) is 0. The van der Waals surface area contributed by atoms with Gasteiger partial charge in [0, 0.05) is 39.6 Å². The summed E-state index contributed by atoms with van der Waals surface area (Å²) in [7, 11) is 0. The summed E-state index contributed by atoms with van der Waals surface area (Å²) in [6.07, 6.45) is 6.83. The Labute approximate surface area is 203 Å². The second-order valence-electron chi connectivity index (χ2n) is 7.48. The van der Waals surface area contributed by atoms with Crippen molar-refractivity contribution in [3.8, 4) is 27.5 Å². The molecular weight excluding hydrogens is 466 g/mol. The van der Waals surface area contributed by atoms with Crippen molar-refractivity contribution < 1.29 is 0 Å². The smallest absolute Gasteiger partial charge is 0.168 e. The summed E-state index contributed by atoms with van der Waals surface area (Å²) in [6, 6.07) is 19.5. The predicted molar refractivity (Wildman–Crippen MR) is 136 cm³/mol. The van der Waals surface area contributed by atoms with Gasteiger partial charge in [-0.05, 0) is 42.5 Å². The maximum atomic E-state index is 6.16. The molecule has 0 aliphatic carbocycles. The van der Waals surface area contributed by atoms with E-state index in [9.17, 15) is 0 Å². The third-order valence-electron chi connectivity index (χ3n) is 5.27. The molecule has 0 bridgehead atoms. The molecule has 0 saturated heterocycles. The van der Waals surface area contributed by atoms with Crippen molar-refractivity contribution in [2.45, 2.75) is 0 Å². The van der Waals surface area contributed by atoms with Gasteiger partial charge in [-0.1, -0.05) is 29.8 Å². The van der Waals surface area contributed by atoms with E-state index in [1.54, 1.807) is 34.6 Å². The summed E-state index contributed by atoms with van der Waals surface area (Å²) in [5.41, 5.74) is 5.41. The minimum absolute atomic E-state index is 0.638. The predicted octanol–water partition coefficient (Wildman–Crippen LogP) is 6.40. The number of halogens is 1. The molecule has 34 heavy (non-hydrogen) atoms. The molecule has 0 atom stereocenters. The minimum atomic E-state index is 0.638. The zero-order valence-electron chi connectivity index (χ0n) is 17.6. The van der Waals surface area contributed by atoms with Crippen LogP contribution in [0.4, 0.5) is 11.5 Å². The standard InChI is InChI=1S/C25H16ClN7S/c26-18-4-2-6-20(12-18)33-24-21(13-30-33)23(28-15-29-24)31-19-5-1-3-17(11-19)22-14-34-25(32-22)16-7-9-27-10-8-16/h1-15H,(H,28,29,31). The fourth-order valence-corrected chi connectivity index (χ4v) is 4.69. The number of nitrogens with one attached hydrogen (secondary N) is 1. The van der Waals surface area contributed by atoms with Crippen LogP contribution in [0, 0.1) is 0 Å². The van der Waals surface area contributed by atoms with Crippen molar-refractivity contribution in [1.29, 1.82) is 0 Å². The monoisotopic (exact) mass is 481 g/mol. The molecule has 0 radical (unpaired) electrons. The van der Waals surface area contributed by atoms with E-state index in [0.29, 0.717) is 16.5 Å². The SMILES string of the molecule is Clc1cccc(-n2ncc3c(Nc4cccc(-c5csc(-c6ccncc6)n5)c4)ncnc32)c1.